The zero-order chi connectivity index (χ0) is 18.9. The first kappa shape index (κ1) is 19.7. The van der Waals surface area contributed by atoms with E-state index in [1.54, 1.807) is 18.7 Å². The molecule has 0 aliphatic carbocycles. The zero-order valence-corrected chi connectivity index (χ0v) is 15.8. The summed E-state index contributed by atoms with van der Waals surface area (Å²) in [5, 5.41) is 0. The van der Waals surface area contributed by atoms with Gasteiger partial charge in [0.05, 0.1) is 6.61 Å². The van der Waals surface area contributed by atoms with Gasteiger partial charge in [-0.3, -0.25) is 4.79 Å². The second kappa shape index (κ2) is 9.76. The summed E-state index contributed by atoms with van der Waals surface area (Å²) in [6.45, 7) is 6.24. The van der Waals surface area contributed by atoms with Crippen LogP contribution in [0.4, 0.5) is 0 Å². The van der Waals surface area contributed by atoms with Crippen molar-refractivity contribution < 1.29 is 14.3 Å². The number of carbonyl (C=O) groups excluding carboxylic acids is 2. The monoisotopic (exact) mass is 353 g/mol. The van der Waals surface area contributed by atoms with Crippen LogP contribution < -0.4 is 0 Å². The molecule has 0 fully saturated rings. The van der Waals surface area contributed by atoms with Gasteiger partial charge < -0.3 is 9.64 Å². The maximum absolute atomic E-state index is 12.9. The van der Waals surface area contributed by atoms with Crippen molar-refractivity contribution in [3.63, 3.8) is 0 Å². The number of ether oxygens (including phenoxy) is 1. The van der Waals surface area contributed by atoms with Crippen molar-refractivity contribution >= 4 is 11.9 Å². The minimum absolute atomic E-state index is 0.0463. The molecule has 2 aromatic rings. The lowest BCUT2D eigenvalue weighted by Crippen LogP contribution is -2.43. The Labute approximate surface area is 155 Å². The smallest absolute Gasteiger partial charge is 0.328 e. The van der Waals surface area contributed by atoms with Gasteiger partial charge in [0, 0.05) is 13.0 Å². The van der Waals surface area contributed by atoms with Crippen LogP contribution in [-0.4, -0.2) is 29.4 Å². The first-order valence-electron chi connectivity index (χ1n) is 9.06. The molecule has 1 unspecified atom stereocenters. The van der Waals surface area contributed by atoms with Gasteiger partial charge in [-0.1, -0.05) is 60.2 Å². The van der Waals surface area contributed by atoms with E-state index in [4.69, 9.17) is 4.74 Å². The predicted molar refractivity (Wildman–Crippen MR) is 103 cm³/mol. The van der Waals surface area contributed by atoms with Gasteiger partial charge in [-0.05, 0) is 38.3 Å². The molecule has 0 radical (unpaired) electrons. The molecule has 4 nitrogen and oxygen atoms in total. The van der Waals surface area contributed by atoms with Crippen molar-refractivity contribution in [2.24, 2.45) is 0 Å². The Morgan fingerprint density at radius 2 is 1.65 bits per heavy atom. The molecule has 0 saturated carbocycles. The van der Waals surface area contributed by atoms with Crippen molar-refractivity contribution in [3.05, 3.63) is 71.3 Å². The highest BCUT2D eigenvalue weighted by molar-refractivity contribution is 5.84. The van der Waals surface area contributed by atoms with Crippen LogP contribution in [0.25, 0.3) is 0 Å². The molecular formula is C22H27NO3. The summed E-state index contributed by atoms with van der Waals surface area (Å²) in [5.74, 6) is -0.415. The number of rotatable bonds is 8. The predicted octanol–water partition coefficient (Wildman–Crippen LogP) is 3.91. The summed E-state index contributed by atoms with van der Waals surface area (Å²) in [6.07, 6.45) is 1.01. The molecule has 0 aromatic heterocycles. The van der Waals surface area contributed by atoms with Crippen molar-refractivity contribution in [1.29, 1.82) is 0 Å². The highest BCUT2D eigenvalue weighted by atomic mass is 16.5. The molecule has 26 heavy (non-hydrogen) atoms. The van der Waals surface area contributed by atoms with E-state index in [1.165, 1.54) is 5.56 Å². The Kier molecular flexibility index (Phi) is 7.39. The molecule has 0 aliphatic rings. The van der Waals surface area contributed by atoms with Gasteiger partial charge in [-0.15, -0.1) is 0 Å². The average molecular weight is 353 g/mol. The van der Waals surface area contributed by atoms with E-state index in [0.717, 1.165) is 11.1 Å². The standard InChI is InChI=1S/C22H27NO3/c1-4-26-22(25)18(3)23(16-20-8-6-5-7-9-20)21(24)15-14-19-12-10-17(2)11-13-19/h5-13,18H,4,14-16H2,1-3H3. The quantitative estimate of drug-likeness (QED) is 0.676. The summed E-state index contributed by atoms with van der Waals surface area (Å²) in [5.41, 5.74) is 3.31. The highest BCUT2D eigenvalue weighted by Crippen LogP contribution is 2.14. The van der Waals surface area contributed by atoms with Crippen molar-refractivity contribution in [2.45, 2.75) is 46.2 Å². The second-order valence-corrected chi connectivity index (χ2v) is 6.42. The Morgan fingerprint density at radius 1 is 1.00 bits per heavy atom. The molecule has 1 atom stereocenters. The molecule has 1 amide bonds. The zero-order valence-electron chi connectivity index (χ0n) is 15.8. The van der Waals surface area contributed by atoms with E-state index in [0.29, 0.717) is 26.0 Å². The fraction of sp³-hybridized carbons (Fsp3) is 0.364. The number of aryl methyl sites for hydroxylation is 2. The number of amides is 1. The van der Waals surface area contributed by atoms with E-state index in [1.807, 2.05) is 61.5 Å². The summed E-state index contributed by atoms with van der Waals surface area (Å²) < 4.78 is 5.12. The van der Waals surface area contributed by atoms with E-state index >= 15 is 0 Å². The lowest BCUT2D eigenvalue weighted by atomic mass is 10.1. The van der Waals surface area contributed by atoms with E-state index in [2.05, 4.69) is 0 Å². The molecule has 0 saturated heterocycles. The maximum atomic E-state index is 12.9. The minimum atomic E-state index is -0.610. The topological polar surface area (TPSA) is 46.6 Å². The van der Waals surface area contributed by atoms with Crippen LogP contribution in [0.15, 0.2) is 54.6 Å². The average Bonchev–Trinajstić information content (AvgIpc) is 2.66. The number of hydrogen-bond donors (Lipinski definition) is 0. The molecule has 138 valence electrons. The molecule has 0 spiro atoms. The first-order valence-corrected chi connectivity index (χ1v) is 9.06. The summed E-state index contributed by atoms with van der Waals surface area (Å²) in [6, 6.07) is 17.3. The Balaban J connectivity index is 2.09. The van der Waals surface area contributed by atoms with Crippen LogP contribution >= 0.6 is 0 Å². The van der Waals surface area contributed by atoms with Crippen LogP contribution in [0.3, 0.4) is 0 Å². The Morgan fingerprint density at radius 3 is 2.27 bits per heavy atom. The van der Waals surface area contributed by atoms with Crippen molar-refractivity contribution in [1.82, 2.24) is 4.90 Å². The number of hydrogen-bond acceptors (Lipinski definition) is 3. The van der Waals surface area contributed by atoms with E-state index in [9.17, 15) is 9.59 Å². The third kappa shape index (κ3) is 5.73. The van der Waals surface area contributed by atoms with Gasteiger partial charge in [-0.2, -0.15) is 0 Å². The van der Waals surface area contributed by atoms with Crippen LogP contribution in [0, 0.1) is 6.92 Å². The lowest BCUT2D eigenvalue weighted by Gasteiger charge is -2.28. The van der Waals surface area contributed by atoms with Gasteiger partial charge in [0.2, 0.25) is 5.91 Å². The van der Waals surface area contributed by atoms with Crippen LogP contribution in [-0.2, 0) is 27.3 Å². The number of carbonyl (C=O) groups is 2. The molecular weight excluding hydrogens is 326 g/mol. The molecule has 2 rings (SSSR count). The van der Waals surface area contributed by atoms with Crippen LogP contribution in [0.5, 0.6) is 0 Å². The molecule has 4 heteroatoms. The van der Waals surface area contributed by atoms with E-state index in [-0.39, 0.29) is 11.9 Å². The molecule has 0 bridgehead atoms. The minimum Gasteiger partial charge on any atom is -0.464 e. The van der Waals surface area contributed by atoms with Gasteiger partial charge >= 0.3 is 5.97 Å². The molecule has 0 N–H and O–H groups in total. The van der Waals surface area contributed by atoms with E-state index < -0.39 is 6.04 Å². The third-order valence-electron chi connectivity index (χ3n) is 4.36. The Hall–Kier alpha value is -2.62. The Bertz CT molecular complexity index is 710. The fourth-order valence-electron chi connectivity index (χ4n) is 2.76. The molecule has 0 aliphatic heterocycles. The molecule has 0 heterocycles. The SMILES string of the molecule is CCOC(=O)C(C)N(Cc1ccccc1)C(=O)CCc1ccc(C)cc1. The van der Waals surface area contributed by atoms with Gasteiger partial charge in [0.1, 0.15) is 6.04 Å². The number of nitrogens with zero attached hydrogens (tertiary/aromatic N) is 1. The largest absolute Gasteiger partial charge is 0.464 e. The third-order valence-corrected chi connectivity index (χ3v) is 4.36. The number of esters is 1. The first-order chi connectivity index (χ1) is 12.5. The lowest BCUT2D eigenvalue weighted by molar-refractivity contribution is -0.154. The maximum Gasteiger partial charge on any atom is 0.328 e. The van der Waals surface area contributed by atoms with Crippen molar-refractivity contribution in [2.75, 3.05) is 6.61 Å². The fourth-order valence-corrected chi connectivity index (χ4v) is 2.76. The number of benzene rings is 2. The highest BCUT2D eigenvalue weighted by Gasteiger charge is 2.26. The normalized spacial score (nSPS) is 11.7. The summed E-state index contributed by atoms with van der Waals surface area (Å²) >= 11 is 0. The van der Waals surface area contributed by atoms with Crippen molar-refractivity contribution in [3.8, 4) is 0 Å². The van der Waals surface area contributed by atoms with Gasteiger partial charge in [0.25, 0.3) is 0 Å². The van der Waals surface area contributed by atoms with Gasteiger partial charge in [0.15, 0.2) is 0 Å². The van der Waals surface area contributed by atoms with Gasteiger partial charge in [-0.25, -0.2) is 4.79 Å². The summed E-state index contributed by atoms with van der Waals surface area (Å²) in [7, 11) is 0. The van der Waals surface area contributed by atoms with Crippen LogP contribution in [0.1, 0.15) is 37.0 Å². The summed E-state index contributed by atoms with van der Waals surface area (Å²) in [4.78, 5) is 26.6. The molecule has 2 aromatic carbocycles. The second-order valence-electron chi connectivity index (χ2n) is 6.42. The van der Waals surface area contributed by atoms with Crippen LogP contribution in [0.2, 0.25) is 0 Å².